The van der Waals surface area contributed by atoms with Crippen LogP contribution in [0.5, 0.6) is 0 Å². The van der Waals surface area contributed by atoms with Crippen LogP contribution >= 0.6 is 0 Å². The minimum absolute atomic E-state index is 0.0213. The van der Waals surface area contributed by atoms with Crippen molar-refractivity contribution >= 4 is 0 Å². The molecule has 112 valence electrons. The van der Waals surface area contributed by atoms with E-state index in [-0.39, 0.29) is 11.7 Å². The Morgan fingerprint density at radius 2 is 1.90 bits per heavy atom. The van der Waals surface area contributed by atoms with E-state index >= 15 is 0 Å². The van der Waals surface area contributed by atoms with Crippen LogP contribution in [-0.4, -0.2) is 29.1 Å². The van der Waals surface area contributed by atoms with Gasteiger partial charge in [-0.05, 0) is 44.6 Å². The Morgan fingerprint density at radius 3 is 2.45 bits per heavy atom. The van der Waals surface area contributed by atoms with Crippen molar-refractivity contribution in [3.8, 4) is 0 Å². The van der Waals surface area contributed by atoms with E-state index < -0.39 is 6.10 Å². The number of aliphatic hydroxyl groups is 1. The van der Waals surface area contributed by atoms with Crippen LogP contribution in [-0.2, 0) is 0 Å². The minimum Gasteiger partial charge on any atom is -0.388 e. The van der Waals surface area contributed by atoms with Gasteiger partial charge < -0.3 is 10.0 Å². The Kier molecular flexibility index (Phi) is 5.17. The van der Waals surface area contributed by atoms with Crippen molar-refractivity contribution in [3.05, 3.63) is 35.6 Å². The summed E-state index contributed by atoms with van der Waals surface area (Å²) in [5.41, 5.74) is 0.412. The first-order chi connectivity index (χ1) is 9.49. The normalized spacial score (nSPS) is 18.6. The quantitative estimate of drug-likeness (QED) is 0.824. The fraction of sp³-hybridized carbons (Fsp3) is 0.647. The van der Waals surface area contributed by atoms with Crippen LogP contribution in [0.3, 0.4) is 0 Å². The largest absolute Gasteiger partial charge is 0.388 e. The van der Waals surface area contributed by atoms with Gasteiger partial charge in [0.25, 0.3) is 0 Å². The van der Waals surface area contributed by atoms with Crippen molar-refractivity contribution in [2.75, 3.05) is 13.1 Å². The predicted molar refractivity (Wildman–Crippen MR) is 80.0 cm³/mol. The lowest BCUT2D eigenvalue weighted by Crippen LogP contribution is -2.37. The Hall–Kier alpha value is -0.930. The maximum atomic E-state index is 13.7. The molecule has 2 nitrogen and oxygen atoms in total. The van der Waals surface area contributed by atoms with Crippen molar-refractivity contribution in [2.24, 2.45) is 11.8 Å². The average Bonchev–Trinajstić information content (AvgIpc) is 3.21. The highest BCUT2D eigenvalue weighted by atomic mass is 19.1. The molecule has 0 aromatic heterocycles. The lowest BCUT2D eigenvalue weighted by atomic mass is 9.96. The van der Waals surface area contributed by atoms with Gasteiger partial charge in [-0.2, -0.15) is 0 Å². The van der Waals surface area contributed by atoms with E-state index in [4.69, 9.17) is 0 Å². The SMILES string of the molecule is CC(CN(CC1CC1)C(C)C)C(O)c1ccccc1F. The van der Waals surface area contributed by atoms with Gasteiger partial charge in [-0.15, -0.1) is 0 Å². The second-order valence-corrected chi connectivity index (χ2v) is 6.43. The first kappa shape index (κ1) is 15.5. The molecule has 0 saturated heterocycles. The first-order valence-electron chi connectivity index (χ1n) is 7.65. The van der Waals surface area contributed by atoms with Crippen LogP contribution in [0.2, 0.25) is 0 Å². The molecule has 1 aliphatic carbocycles. The summed E-state index contributed by atoms with van der Waals surface area (Å²) >= 11 is 0. The van der Waals surface area contributed by atoms with Crippen LogP contribution in [0.15, 0.2) is 24.3 Å². The Morgan fingerprint density at radius 1 is 1.25 bits per heavy atom. The molecular weight excluding hydrogens is 253 g/mol. The van der Waals surface area contributed by atoms with Crippen LogP contribution in [0.4, 0.5) is 4.39 Å². The number of hydrogen-bond acceptors (Lipinski definition) is 2. The van der Waals surface area contributed by atoms with E-state index in [0.29, 0.717) is 11.6 Å². The van der Waals surface area contributed by atoms with E-state index in [1.54, 1.807) is 18.2 Å². The van der Waals surface area contributed by atoms with E-state index in [0.717, 1.165) is 19.0 Å². The highest BCUT2D eigenvalue weighted by Crippen LogP contribution is 2.32. The summed E-state index contributed by atoms with van der Waals surface area (Å²) in [6, 6.07) is 6.99. The van der Waals surface area contributed by atoms with Gasteiger partial charge in [0.05, 0.1) is 6.10 Å². The van der Waals surface area contributed by atoms with Gasteiger partial charge in [0, 0.05) is 24.7 Å². The molecule has 2 unspecified atom stereocenters. The fourth-order valence-electron chi connectivity index (χ4n) is 2.62. The standard InChI is InChI=1S/C17H26FNO/c1-12(2)19(11-14-8-9-14)10-13(3)17(20)15-6-4-5-7-16(15)18/h4-7,12-14,17,20H,8-11H2,1-3H3. The molecule has 0 bridgehead atoms. The van der Waals surface area contributed by atoms with Gasteiger partial charge in [0.15, 0.2) is 0 Å². The van der Waals surface area contributed by atoms with Gasteiger partial charge >= 0.3 is 0 Å². The molecule has 1 saturated carbocycles. The molecule has 0 radical (unpaired) electrons. The summed E-state index contributed by atoms with van der Waals surface area (Å²) < 4.78 is 13.7. The lowest BCUT2D eigenvalue weighted by Gasteiger charge is -2.31. The van der Waals surface area contributed by atoms with Crippen molar-refractivity contribution in [2.45, 2.75) is 45.8 Å². The van der Waals surface area contributed by atoms with E-state index in [1.165, 1.54) is 18.9 Å². The third-order valence-electron chi connectivity index (χ3n) is 4.21. The highest BCUT2D eigenvalue weighted by molar-refractivity contribution is 5.20. The number of rotatable bonds is 7. The molecule has 1 N–H and O–H groups in total. The third-order valence-corrected chi connectivity index (χ3v) is 4.21. The number of nitrogens with zero attached hydrogens (tertiary/aromatic N) is 1. The van der Waals surface area contributed by atoms with E-state index in [2.05, 4.69) is 18.7 Å². The fourth-order valence-corrected chi connectivity index (χ4v) is 2.62. The van der Waals surface area contributed by atoms with Crippen LogP contribution in [0, 0.1) is 17.7 Å². The number of benzene rings is 1. The molecule has 0 spiro atoms. The third kappa shape index (κ3) is 4.03. The van der Waals surface area contributed by atoms with Gasteiger partial charge in [0.2, 0.25) is 0 Å². The van der Waals surface area contributed by atoms with Crippen molar-refractivity contribution < 1.29 is 9.50 Å². The Bertz CT molecular complexity index is 431. The molecule has 1 fully saturated rings. The van der Waals surface area contributed by atoms with Crippen LogP contribution < -0.4 is 0 Å². The summed E-state index contributed by atoms with van der Waals surface area (Å²) in [6.45, 7) is 8.28. The first-order valence-corrected chi connectivity index (χ1v) is 7.65. The zero-order valence-electron chi connectivity index (χ0n) is 12.7. The van der Waals surface area contributed by atoms with Gasteiger partial charge in [-0.3, -0.25) is 0 Å². The zero-order valence-corrected chi connectivity index (χ0v) is 12.7. The smallest absolute Gasteiger partial charge is 0.129 e. The zero-order chi connectivity index (χ0) is 14.7. The molecule has 20 heavy (non-hydrogen) atoms. The average molecular weight is 279 g/mol. The predicted octanol–water partition coefficient (Wildman–Crippen LogP) is 3.62. The van der Waals surface area contributed by atoms with Crippen LogP contribution in [0.1, 0.15) is 45.3 Å². The molecule has 2 rings (SSSR count). The number of aliphatic hydroxyl groups excluding tert-OH is 1. The molecule has 1 aliphatic rings. The van der Waals surface area contributed by atoms with Crippen molar-refractivity contribution in [1.82, 2.24) is 4.90 Å². The molecule has 1 aromatic rings. The van der Waals surface area contributed by atoms with Crippen LogP contribution in [0.25, 0.3) is 0 Å². The summed E-state index contributed by atoms with van der Waals surface area (Å²) in [5.74, 6) is 0.536. The summed E-state index contributed by atoms with van der Waals surface area (Å²) in [4.78, 5) is 2.41. The second kappa shape index (κ2) is 6.68. The molecule has 0 heterocycles. The summed E-state index contributed by atoms with van der Waals surface area (Å²) in [5, 5.41) is 10.4. The molecular formula is C17H26FNO. The van der Waals surface area contributed by atoms with E-state index in [9.17, 15) is 9.50 Å². The van der Waals surface area contributed by atoms with Crippen molar-refractivity contribution in [1.29, 1.82) is 0 Å². The molecule has 2 atom stereocenters. The van der Waals surface area contributed by atoms with E-state index in [1.807, 2.05) is 6.92 Å². The van der Waals surface area contributed by atoms with Crippen molar-refractivity contribution in [3.63, 3.8) is 0 Å². The number of hydrogen-bond donors (Lipinski definition) is 1. The molecule has 0 amide bonds. The second-order valence-electron chi connectivity index (χ2n) is 6.43. The molecule has 1 aromatic carbocycles. The maximum Gasteiger partial charge on any atom is 0.129 e. The molecule has 0 aliphatic heterocycles. The van der Waals surface area contributed by atoms with Gasteiger partial charge in [-0.25, -0.2) is 4.39 Å². The Balaban J connectivity index is 1.98. The minimum atomic E-state index is -0.739. The summed E-state index contributed by atoms with van der Waals surface area (Å²) in [7, 11) is 0. The number of halogens is 1. The van der Waals surface area contributed by atoms with Gasteiger partial charge in [-0.1, -0.05) is 25.1 Å². The van der Waals surface area contributed by atoms with Gasteiger partial charge in [0.1, 0.15) is 5.82 Å². The maximum absolute atomic E-state index is 13.7. The topological polar surface area (TPSA) is 23.5 Å². The molecule has 3 heteroatoms. The summed E-state index contributed by atoms with van der Waals surface area (Å²) in [6.07, 6.45) is 1.91. The monoisotopic (exact) mass is 279 g/mol. The lowest BCUT2D eigenvalue weighted by molar-refractivity contribution is 0.0740. The Labute approximate surface area is 121 Å². The highest BCUT2D eigenvalue weighted by Gasteiger charge is 2.28.